The standard InChI is InChI=1S/C11H14O2/c1-3-9-5-4-6-10(7-9)13-11-8(2)12-11/h4-8,11H,3H2,1-2H3. The van der Waals surface area contributed by atoms with Crippen LogP contribution in [-0.4, -0.2) is 12.4 Å². The fourth-order valence-corrected chi connectivity index (χ4v) is 1.26. The second-order valence-corrected chi connectivity index (χ2v) is 3.33. The van der Waals surface area contributed by atoms with Crippen LogP contribution >= 0.6 is 0 Å². The zero-order valence-corrected chi connectivity index (χ0v) is 7.99. The average molecular weight is 178 g/mol. The number of aryl methyl sites for hydroxylation is 1. The van der Waals surface area contributed by atoms with Gasteiger partial charge in [0.1, 0.15) is 11.9 Å². The molecule has 2 atom stereocenters. The molecule has 1 aromatic carbocycles. The molecule has 0 N–H and O–H groups in total. The number of hydrogen-bond acceptors (Lipinski definition) is 2. The Labute approximate surface area is 78.5 Å². The Morgan fingerprint density at radius 2 is 2.23 bits per heavy atom. The van der Waals surface area contributed by atoms with Crippen molar-refractivity contribution in [2.45, 2.75) is 32.7 Å². The minimum absolute atomic E-state index is 0.0212. The van der Waals surface area contributed by atoms with E-state index in [-0.39, 0.29) is 12.4 Å². The fraction of sp³-hybridized carbons (Fsp3) is 0.455. The van der Waals surface area contributed by atoms with Crippen LogP contribution in [-0.2, 0) is 11.2 Å². The number of hydrogen-bond donors (Lipinski definition) is 0. The van der Waals surface area contributed by atoms with E-state index in [1.165, 1.54) is 5.56 Å². The van der Waals surface area contributed by atoms with Gasteiger partial charge in [-0.3, -0.25) is 0 Å². The van der Waals surface area contributed by atoms with Crippen LogP contribution in [0.15, 0.2) is 24.3 Å². The zero-order valence-electron chi connectivity index (χ0n) is 7.99. The van der Waals surface area contributed by atoms with Gasteiger partial charge in [-0.2, -0.15) is 0 Å². The van der Waals surface area contributed by atoms with Gasteiger partial charge in [0.2, 0.25) is 6.29 Å². The van der Waals surface area contributed by atoms with Crippen LogP contribution in [0.3, 0.4) is 0 Å². The molecule has 2 rings (SSSR count). The first-order valence-corrected chi connectivity index (χ1v) is 4.70. The molecule has 2 heteroatoms. The van der Waals surface area contributed by atoms with Gasteiger partial charge in [-0.25, -0.2) is 0 Å². The topological polar surface area (TPSA) is 21.8 Å². The predicted molar refractivity (Wildman–Crippen MR) is 50.8 cm³/mol. The van der Waals surface area contributed by atoms with Gasteiger partial charge in [-0.1, -0.05) is 19.1 Å². The molecule has 13 heavy (non-hydrogen) atoms. The minimum Gasteiger partial charge on any atom is -0.462 e. The van der Waals surface area contributed by atoms with Crippen molar-refractivity contribution in [1.82, 2.24) is 0 Å². The van der Waals surface area contributed by atoms with E-state index in [0.29, 0.717) is 0 Å². The summed E-state index contributed by atoms with van der Waals surface area (Å²) in [6, 6.07) is 8.15. The molecule has 0 aromatic heterocycles. The van der Waals surface area contributed by atoms with E-state index < -0.39 is 0 Å². The number of epoxide rings is 1. The molecule has 1 aromatic rings. The second-order valence-electron chi connectivity index (χ2n) is 3.33. The Bertz CT molecular complexity index is 296. The lowest BCUT2D eigenvalue weighted by Gasteiger charge is -2.03. The summed E-state index contributed by atoms with van der Waals surface area (Å²) in [5, 5.41) is 0. The Morgan fingerprint density at radius 1 is 1.46 bits per heavy atom. The van der Waals surface area contributed by atoms with Gasteiger partial charge in [0.15, 0.2) is 0 Å². The normalized spacial score (nSPS) is 25.7. The van der Waals surface area contributed by atoms with Crippen LogP contribution in [0.2, 0.25) is 0 Å². The van der Waals surface area contributed by atoms with E-state index in [9.17, 15) is 0 Å². The monoisotopic (exact) mass is 178 g/mol. The molecule has 2 nitrogen and oxygen atoms in total. The van der Waals surface area contributed by atoms with Gasteiger partial charge < -0.3 is 9.47 Å². The van der Waals surface area contributed by atoms with Crippen molar-refractivity contribution in [3.05, 3.63) is 29.8 Å². The lowest BCUT2D eigenvalue weighted by atomic mass is 10.2. The predicted octanol–water partition coefficient (Wildman–Crippen LogP) is 2.37. The molecule has 2 unspecified atom stereocenters. The van der Waals surface area contributed by atoms with E-state index >= 15 is 0 Å². The summed E-state index contributed by atoms with van der Waals surface area (Å²) in [6.07, 6.45) is 1.27. The van der Waals surface area contributed by atoms with Crippen molar-refractivity contribution in [2.75, 3.05) is 0 Å². The molecular formula is C11H14O2. The summed E-state index contributed by atoms with van der Waals surface area (Å²) in [7, 11) is 0. The minimum atomic E-state index is -0.0212. The smallest absolute Gasteiger partial charge is 0.226 e. The summed E-state index contributed by atoms with van der Waals surface area (Å²) in [5.41, 5.74) is 1.30. The summed E-state index contributed by atoms with van der Waals surface area (Å²) < 4.78 is 10.7. The largest absolute Gasteiger partial charge is 0.462 e. The molecule has 1 heterocycles. The average Bonchev–Trinajstić information content (AvgIpc) is 2.82. The Balaban J connectivity index is 2.03. The Hall–Kier alpha value is -1.02. The van der Waals surface area contributed by atoms with Crippen molar-refractivity contribution >= 4 is 0 Å². The second kappa shape index (κ2) is 3.38. The fourth-order valence-electron chi connectivity index (χ4n) is 1.26. The third kappa shape index (κ3) is 2.01. The van der Waals surface area contributed by atoms with Crippen LogP contribution in [0, 0.1) is 0 Å². The summed E-state index contributed by atoms with van der Waals surface area (Å²) >= 11 is 0. The molecule has 0 saturated carbocycles. The molecule has 70 valence electrons. The van der Waals surface area contributed by atoms with Gasteiger partial charge in [-0.15, -0.1) is 0 Å². The van der Waals surface area contributed by atoms with Crippen molar-refractivity contribution in [2.24, 2.45) is 0 Å². The van der Waals surface area contributed by atoms with Crippen molar-refractivity contribution in [3.63, 3.8) is 0 Å². The highest BCUT2D eigenvalue weighted by atomic mass is 16.8. The summed E-state index contributed by atoms with van der Waals surface area (Å²) in [4.78, 5) is 0. The molecule has 0 amide bonds. The SMILES string of the molecule is CCc1cccc(OC2OC2C)c1. The maximum atomic E-state index is 5.56. The van der Waals surface area contributed by atoms with E-state index in [2.05, 4.69) is 19.1 Å². The maximum absolute atomic E-state index is 5.56. The van der Waals surface area contributed by atoms with Crippen molar-refractivity contribution in [1.29, 1.82) is 0 Å². The maximum Gasteiger partial charge on any atom is 0.226 e. The van der Waals surface area contributed by atoms with Crippen LogP contribution in [0.1, 0.15) is 19.4 Å². The van der Waals surface area contributed by atoms with E-state index in [4.69, 9.17) is 9.47 Å². The van der Waals surface area contributed by atoms with E-state index in [1.54, 1.807) is 0 Å². The molecule has 0 aliphatic carbocycles. The first kappa shape index (κ1) is 8.57. The molecule has 0 spiro atoms. The molecule has 1 fully saturated rings. The lowest BCUT2D eigenvalue weighted by molar-refractivity contribution is 0.178. The van der Waals surface area contributed by atoms with E-state index in [0.717, 1.165) is 12.2 Å². The van der Waals surface area contributed by atoms with Gasteiger partial charge in [0.05, 0.1) is 0 Å². The number of benzene rings is 1. The zero-order chi connectivity index (χ0) is 9.26. The van der Waals surface area contributed by atoms with Crippen LogP contribution in [0.5, 0.6) is 5.75 Å². The van der Waals surface area contributed by atoms with Gasteiger partial charge >= 0.3 is 0 Å². The summed E-state index contributed by atoms with van der Waals surface area (Å²) in [6.45, 7) is 4.14. The number of ether oxygens (including phenoxy) is 2. The van der Waals surface area contributed by atoms with Crippen molar-refractivity contribution < 1.29 is 9.47 Å². The van der Waals surface area contributed by atoms with Gasteiger partial charge in [0.25, 0.3) is 0 Å². The molecule has 0 bridgehead atoms. The first-order valence-electron chi connectivity index (χ1n) is 4.70. The highest BCUT2D eigenvalue weighted by molar-refractivity contribution is 5.28. The third-order valence-corrected chi connectivity index (χ3v) is 2.21. The molecule has 1 aliphatic rings. The molecule has 0 radical (unpaired) electrons. The van der Waals surface area contributed by atoms with Crippen LogP contribution in [0.4, 0.5) is 0 Å². The first-order chi connectivity index (χ1) is 6.29. The van der Waals surface area contributed by atoms with E-state index in [1.807, 2.05) is 19.1 Å². The van der Waals surface area contributed by atoms with Crippen LogP contribution in [0.25, 0.3) is 0 Å². The highest BCUT2D eigenvalue weighted by Crippen LogP contribution is 2.25. The lowest BCUT2D eigenvalue weighted by Crippen LogP contribution is -2.01. The quantitative estimate of drug-likeness (QED) is 0.663. The van der Waals surface area contributed by atoms with Crippen molar-refractivity contribution in [3.8, 4) is 5.75 Å². The third-order valence-electron chi connectivity index (χ3n) is 2.21. The Kier molecular flexibility index (Phi) is 2.23. The molecule has 1 saturated heterocycles. The van der Waals surface area contributed by atoms with Gasteiger partial charge in [0, 0.05) is 0 Å². The molecule has 1 aliphatic heterocycles. The number of rotatable bonds is 3. The van der Waals surface area contributed by atoms with Gasteiger partial charge in [-0.05, 0) is 31.0 Å². The highest BCUT2D eigenvalue weighted by Gasteiger charge is 2.36. The van der Waals surface area contributed by atoms with Crippen LogP contribution < -0.4 is 4.74 Å². The summed E-state index contributed by atoms with van der Waals surface area (Å²) in [5.74, 6) is 0.911. The Morgan fingerprint density at radius 3 is 2.85 bits per heavy atom. The molecular weight excluding hydrogens is 164 g/mol.